The summed E-state index contributed by atoms with van der Waals surface area (Å²) in [5.41, 5.74) is 3.44. The normalized spacial score (nSPS) is 16.1. The van der Waals surface area contributed by atoms with Crippen molar-refractivity contribution in [1.29, 1.82) is 0 Å². The molecule has 1 N–H and O–H groups in total. The number of benzene rings is 2. The van der Waals surface area contributed by atoms with E-state index in [9.17, 15) is 0 Å². The van der Waals surface area contributed by atoms with E-state index in [-0.39, 0.29) is 6.10 Å². The maximum atomic E-state index is 5.85. The summed E-state index contributed by atoms with van der Waals surface area (Å²) in [5.74, 6) is 0.880. The van der Waals surface area contributed by atoms with Crippen LogP contribution in [0.5, 0.6) is 5.75 Å². The van der Waals surface area contributed by atoms with Crippen molar-refractivity contribution < 1.29 is 9.47 Å². The molecular formula is C22H28N2O2S. The van der Waals surface area contributed by atoms with Crippen LogP contribution in [0.2, 0.25) is 0 Å². The lowest BCUT2D eigenvalue weighted by atomic mass is 10.1. The minimum atomic E-state index is 0.224. The van der Waals surface area contributed by atoms with Crippen molar-refractivity contribution in [2.75, 3.05) is 25.6 Å². The van der Waals surface area contributed by atoms with E-state index in [0.717, 1.165) is 49.4 Å². The van der Waals surface area contributed by atoms with E-state index in [0.29, 0.717) is 11.7 Å². The van der Waals surface area contributed by atoms with Gasteiger partial charge in [0.1, 0.15) is 5.75 Å². The summed E-state index contributed by atoms with van der Waals surface area (Å²) < 4.78 is 11.4. The quantitative estimate of drug-likeness (QED) is 0.704. The predicted octanol–water partition coefficient (Wildman–Crippen LogP) is 4.64. The molecule has 1 fully saturated rings. The molecule has 0 aromatic heterocycles. The van der Waals surface area contributed by atoms with Gasteiger partial charge in [-0.1, -0.05) is 37.3 Å². The van der Waals surface area contributed by atoms with Crippen LogP contribution in [0.3, 0.4) is 0 Å². The van der Waals surface area contributed by atoms with Crippen LogP contribution in [0.1, 0.15) is 30.9 Å². The van der Waals surface area contributed by atoms with Crippen molar-refractivity contribution in [3.8, 4) is 5.75 Å². The average Bonchev–Trinajstić information content (AvgIpc) is 3.21. The molecule has 1 atom stereocenters. The summed E-state index contributed by atoms with van der Waals surface area (Å²) in [6.07, 6.45) is 3.45. The molecule has 1 saturated heterocycles. The van der Waals surface area contributed by atoms with Gasteiger partial charge in [0.05, 0.1) is 13.2 Å². The summed E-state index contributed by atoms with van der Waals surface area (Å²) >= 11 is 5.75. The highest BCUT2D eigenvalue weighted by Crippen LogP contribution is 2.22. The fraction of sp³-hybridized carbons (Fsp3) is 0.409. The summed E-state index contributed by atoms with van der Waals surface area (Å²) in [4.78, 5) is 2.18. The van der Waals surface area contributed by atoms with Gasteiger partial charge in [0.15, 0.2) is 5.11 Å². The van der Waals surface area contributed by atoms with Gasteiger partial charge in [0.25, 0.3) is 0 Å². The van der Waals surface area contributed by atoms with Crippen LogP contribution in [0.15, 0.2) is 48.5 Å². The number of hydrogen-bond donors (Lipinski definition) is 1. The van der Waals surface area contributed by atoms with E-state index in [4.69, 9.17) is 21.7 Å². The van der Waals surface area contributed by atoms with Crippen LogP contribution in [0.25, 0.3) is 0 Å². The topological polar surface area (TPSA) is 33.7 Å². The Morgan fingerprint density at radius 2 is 2.00 bits per heavy atom. The number of para-hydroxylation sites is 1. The third kappa shape index (κ3) is 5.44. The molecule has 1 unspecified atom stereocenters. The standard InChI is InChI=1S/C22H28N2O2S/c1-3-17-10-12-19(13-11-17)23-22(27)24(16-20-8-6-14-26-20)15-18-7-4-5-9-21(18)25-2/h4-5,7,9-13,20H,3,6,8,14-16H2,1-2H3,(H,23,27). The number of thiocarbonyl (C=S) groups is 1. The number of hydrogen-bond acceptors (Lipinski definition) is 3. The van der Waals surface area contributed by atoms with Gasteiger partial charge in [-0.25, -0.2) is 0 Å². The van der Waals surface area contributed by atoms with Crippen molar-refractivity contribution in [3.05, 3.63) is 59.7 Å². The van der Waals surface area contributed by atoms with Gasteiger partial charge >= 0.3 is 0 Å². The summed E-state index contributed by atoms with van der Waals surface area (Å²) in [7, 11) is 1.70. The Morgan fingerprint density at radius 3 is 2.67 bits per heavy atom. The van der Waals surface area contributed by atoms with E-state index in [1.165, 1.54) is 5.56 Å². The Bertz CT molecular complexity index is 742. The van der Waals surface area contributed by atoms with Gasteiger partial charge in [-0.05, 0) is 55.2 Å². The number of anilines is 1. The van der Waals surface area contributed by atoms with Crippen molar-refractivity contribution in [2.24, 2.45) is 0 Å². The summed E-state index contributed by atoms with van der Waals surface area (Å²) in [5, 5.41) is 4.09. The zero-order valence-electron chi connectivity index (χ0n) is 16.1. The molecule has 144 valence electrons. The first kappa shape index (κ1) is 19.6. The molecule has 2 aromatic rings. The van der Waals surface area contributed by atoms with Crippen molar-refractivity contribution in [3.63, 3.8) is 0 Å². The van der Waals surface area contributed by atoms with Gasteiger partial charge in [0, 0.05) is 30.9 Å². The highest BCUT2D eigenvalue weighted by molar-refractivity contribution is 7.80. The third-order valence-electron chi connectivity index (χ3n) is 4.90. The Balaban J connectivity index is 1.74. The zero-order chi connectivity index (χ0) is 19.1. The van der Waals surface area contributed by atoms with Gasteiger partial charge in [-0.2, -0.15) is 0 Å². The third-order valence-corrected chi connectivity index (χ3v) is 5.26. The Kier molecular flexibility index (Phi) is 7.07. The molecule has 4 nitrogen and oxygen atoms in total. The first-order valence-electron chi connectivity index (χ1n) is 9.58. The number of rotatable bonds is 7. The van der Waals surface area contributed by atoms with Crippen LogP contribution >= 0.6 is 12.2 Å². The highest BCUT2D eigenvalue weighted by Gasteiger charge is 2.22. The van der Waals surface area contributed by atoms with Crippen molar-refractivity contribution in [1.82, 2.24) is 4.90 Å². The summed E-state index contributed by atoms with van der Waals surface area (Å²) in [6.45, 7) is 4.45. The Labute approximate surface area is 167 Å². The molecule has 2 aromatic carbocycles. The fourth-order valence-electron chi connectivity index (χ4n) is 3.32. The van der Waals surface area contributed by atoms with E-state index in [1.54, 1.807) is 7.11 Å². The SMILES string of the molecule is CCc1ccc(NC(=S)N(Cc2ccccc2OC)CC2CCCO2)cc1. The van der Waals surface area contributed by atoms with Gasteiger partial charge in [-0.15, -0.1) is 0 Å². The largest absolute Gasteiger partial charge is 0.496 e. The maximum Gasteiger partial charge on any atom is 0.173 e. The second-order valence-electron chi connectivity index (χ2n) is 6.81. The Morgan fingerprint density at radius 1 is 1.22 bits per heavy atom. The molecule has 0 saturated carbocycles. The van der Waals surface area contributed by atoms with Gasteiger partial charge < -0.3 is 19.7 Å². The van der Waals surface area contributed by atoms with E-state index in [2.05, 4.69) is 47.5 Å². The molecule has 0 aliphatic carbocycles. The predicted molar refractivity (Wildman–Crippen MR) is 114 cm³/mol. The lowest BCUT2D eigenvalue weighted by molar-refractivity contribution is 0.0903. The number of ether oxygens (including phenoxy) is 2. The molecule has 1 aliphatic heterocycles. The molecule has 27 heavy (non-hydrogen) atoms. The number of aryl methyl sites for hydroxylation is 1. The number of nitrogens with zero attached hydrogens (tertiary/aromatic N) is 1. The van der Waals surface area contributed by atoms with E-state index < -0.39 is 0 Å². The number of nitrogens with one attached hydrogen (secondary N) is 1. The fourth-order valence-corrected chi connectivity index (χ4v) is 3.58. The number of methoxy groups -OCH3 is 1. The average molecular weight is 385 g/mol. The molecule has 0 amide bonds. The second kappa shape index (κ2) is 9.72. The maximum absolute atomic E-state index is 5.85. The van der Waals surface area contributed by atoms with Gasteiger partial charge in [-0.3, -0.25) is 0 Å². The lowest BCUT2D eigenvalue weighted by Gasteiger charge is -2.29. The van der Waals surface area contributed by atoms with Crippen LogP contribution in [-0.4, -0.2) is 36.4 Å². The first-order chi connectivity index (χ1) is 13.2. The van der Waals surface area contributed by atoms with E-state index in [1.807, 2.05) is 18.2 Å². The lowest BCUT2D eigenvalue weighted by Crippen LogP contribution is -2.39. The molecule has 1 heterocycles. The summed E-state index contributed by atoms with van der Waals surface area (Å²) in [6, 6.07) is 16.5. The first-order valence-corrected chi connectivity index (χ1v) is 9.98. The molecule has 3 rings (SSSR count). The molecule has 0 bridgehead atoms. The Hall–Kier alpha value is -2.11. The van der Waals surface area contributed by atoms with Crippen LogP contribution in [0.4, 0.5) is 5.69 Å². The highest BCUT2D eigenvalue weighted by atomic mass is 32.1. The molecule has 5 heteroatoms. The second-order valence-corrected chi connectivity index (χ2v) is 7.19. The minimum Gasteiger partial charge on any atom is -0.496 e. The smallest absolute Gasteiger partial charge is 0.173 e. The monoisotopic (exact) mass is 384 g/mol. The zero-order valence-corrected chi connectivity index (χ0v) is 16.9. The molecular weight excluding hydrogens is 356 g/mol. The minimum absolute atomic E-state index is 0.224. The molecule has 1 aliphatic rings. The van der Waals surface area contributed by atoms with Gasteiger partial charge in [0.2, 0.25) is 0 Å². The van der Waals surface area contributed by atoms with Crippen molar-refractivity contribution >= 4 is 23.0 Å². The molecule has 0 spiro atoms. The van der Waals surface area contributed by atoms with E-state index >= 15 is 0 Å². The van der Waals surface area contributed by atoms with Crippen LogP contribution in [0, 0.1) is 0 Å². The van der Waals surface area contributed by atoms with Crippen LogP contribution < -0.4 is 10.1 Å². The van der Waals surface area contributed by atoms with Crippen LogP contribution in [-0.2, 0) is 17.7 Å². The molecule has 0 radical (unpaired) electrons. The van der Waals surface area contributed by atoms with Crippen molar-refractivity contribution in [2.45, 2.75) is 38.8 Å².